The third-order valence-corrected chi connectivity index (χ3v) is 7.42. The first kappa shape index (κ1) is 22.3. The van der Waals surface area contributed by atoms with Crippen LogP contribution in [0.15, 0.2) is 24.4 Å². The van der Waals surface area contributed by atoms with Gasteiger partial charge in [-0.25, -0.2) is 13.8 Å². The summed E-state index contributed by atoms with van der Waals surface area (Å²) in [6.07, 6.45) is 7.41. The summed E-state index contributed by atoms with van der Waals surface area (Å²) in [6.45, 7) is 5.62. The number of rotatable bonds is 6. The number of aromatic nitrogens is 6. The monoisotopic (exact) mass is 481 g/mol. The summed E-state index contributed by atoms with van der Waals surface area (Å²) in [5.74, 6) is 0.334. The van der Waals surface area contributed by atoms with Gasteiger partial charge in [0.05, 0.1) is 17.6 Å². The largest absolute Gasteiger partial charge is 0.365 e. The minimum Gasteiger partial charge on any atom is -0.365 e. The first-order valence-corrected chi connectivity index (χ1v) is 12.3. The molecule has 1 aliphatic carbocycles. The van der Waals surface area contributed by atoms with Crippen molar-refractivity contribution in [2.75, 3.05) is 17.2 Å². The molecule has 11 heteroatoms. The average Bonchev–Trinajstić information content (AvgIpc) is 3.33. The van der Waals surface area contributed by atoms with E-state index in [4.69, 9.17) is 0 Å². The number of anilines is 3. The second-order valence-electron chi connectivity index (χ2n) is 10.5. The summed E-state index contributed by atoms with van der Waals surface area (Å²) < 4.78 is 30.9. The molecule has 2 N–H and O–H groups in total. The Bertz CT molecular complexity index is 1240. The Morgan fingerprint density at radius 3 is 2.80 bits per heavy atom. The molecule has 35 heavy (non-hydrogen) atoms. The molecule has 2 aromatic heterocycles. The van der Waals surface area contributed by atoms with Gasteiger partial charge in [0.2, 0.25) is 5.95 Å². The predicted molar refractivity (Wildman–Crippen MR) is 127 cm³/mol. The number of halogens is 2. The molecule has 4 heterocycles. The highest BCUT2D eigenvalue weighted by molar-refractivity contribution is 5.59. The molecule has 9 nitrogen and oxygen atoms in total. The minimum absolute atomic E-state index is 0.0424. The Labute approximate surface area is 202 Å². The number of nitrogens with one attached hydrogen (secondary N) is 2. The van der Waals surface area contributed by atoms with E-state index < -0.39 is 11.6 Å². The summed E-state index contributed by atoms with van der Waals surface area (Å²) in [5.41, 5.74) is 0.838. The third kappa shape index (κ3) is 4.33. The lowest BCUT2D eigenvalue weighted by molar-refractivity contribution is 0.0500. The van der Waals surface area contributed by atoms with Crippen LogP contribution in [-0.2, 0) is 0 Å². The molecule has 0 radical (unpaired) electrons. The van der Waals surface area contributed by atoms with Gasteiger partial charge in [0.15, 0.2) is 17.5 Å². The third-order valence-electron chi connectivity index (χ3n) is 7.42. The van der Waals surface area contributed by atoms with Crippen LogP contribution in [0.2, 0.25) is 0 Å². The van der Waals surface area contributed by atoms with Crippen LogP contribution in [0.5, 0.6) is 0 Å². The second-order valence-corrected chi connectivity index (χ2v) is 10.5. The molecule has 2 saturated heterocycles. The van der Waals surface area contributed by atoms with E-state index in [9.17, 15) is 8.78 Å². The van der Waals surface area contributed by atoms with Crippen LogP contribution in [0.3, 0.4) is 0 Å². The van der Waals surface area contributed by atoms with Gasteiger partial charge in [0.1, 0.15) is 5.82 Å². The van der Waals surface area contributed by atoms with Gasteiger partial charge in [-0.1, -0.05) is 0 Å². The Kier molecular flexibility index (Phi) is 5.39. The maximum Gasteiger partial charge on any atom is 0.229 e. The van der Waals surface area contributed by atoms with Crippen LogP contribution in [0.25, 0.3) is 5.69 Å². The van der Waals surface area contributed by atoms with E-state index in [2.05, 4.69) is 54.9 Å². The van der Waals surface area contributed by atoms with Crippen molar-refractivity contribution in [1.82, 2.24) is 35.1 Å². The van der Waals surface area contributed by atoms with Crippen LogP contribution >= 0.6 is 0 Å². The number of fused-ring (bicyclic) bond motifs is 1. The van der Waals surface area contributed by atoms with E-state index >= 15 is 0 Å². The van der Waals surface area contributed by atoms with Crippen LogP contribution in [0, 0.1) is 11.6 Å². The molecule has 0 amide bonds. The first-order valence-electron chi connectivity index (χ1n) is 12.3. The molecule has 3 aromatic rings. The Morgan fingerprint density at radius 1 is 1.11 bits per heavy atom. The Hall–Kier alpha value is -3.21. The lowest BCUT2D eigenvalue weighted by Gasteiger charge is -2.47. The van der Waals surface area contributed by atoms with Crippen molar-refractivity contribution in [3.05, 3.63) is 41.9 Å². The standard InChI is InChI=1S/C24H29F2N9/c1-24(2)12-15(10-16-4-3-9-34(16)24)28-21-19(26)13-27-23(30-21)29-20-11-17(7-8-18(20)25)35-22(14-5-6-14)31-32-33-35/h7-8,11,13-16H,3-6,9-10,12H2,1-2H3,(H2,27,28,29,30). The fraction of sp³-hybridized carbons (Fsp3) is 0.542. The normalized spacial score (nSPS) is 23.8. The van der Waals surface area contributed by atoms with Crippen LogP contribution < -0.4 is 10.6 Å². The summed E-state index contributed by atoms with van der Waals surface area (Å²) in [5, 5.41) is 18.1. The molecule has 6 rings (SSSR count). The van der Waals surface area contributed by atoms with Gasteiger partial charge >= 0.3 is 0 Å². The molecular weight excluding hydrogens is 452 g/mol. The summed E-state index contributed by atoms with van der Waals surface area (Å²) in [4.78, 5) is 11.0. The van der Waals surface area contributed by atoms with Crippen molar-refractivity contribution < 1.29 is 8.78 Å². The van der Waals surface area contributed by atoms with Gasteiger partial charge in [-0.05, 0) is 87.5 Å². The van der Waals surface area contributed by atoms with E-state index in [1.54, 1.807) is 16.8 Å². The topological polar surface area (TPSA) is 96.7 Å². The molecule has 184 valence electrons. The molecule has 0 spiro atoms. The number of tetrazole rings is 1. The van der Waals surface area contributed by atoms with Crippen LogP contribution in [0.1, 0.15) is 64.1 Å². The highest BCUT2D eigenvalue weighted by Crippen LogP contribution is 2.40. The Morgan fingerprint density at radius 2 is 1.97 bits per heavy atom. The smallest absolute Gasteiger partial charge is 0.229 e. The lowest BCUT2D eigenvalue weighted by Crippen LogP contribution is -2.55. The first-order chi connectivity index (χ1) is 16.9. The summed E-state index contributed by atoms with van der Waals surface area (Å²) in [7, 11) is 0. The van der Waals surface area contributed by atoms with Crippen molar-refractivity contribution >= 4 is 17.5 Å². The van der Waals surface area contributed by atoms with E-state index in [1.807, 2.05) is 0 Å². The van der Waals surface area contributed by atoms with E-state index in [0.717, 1.165) is 44.2 Å². The molecular formula is C24H29F2N9. The fourth-order valence-electron chi connectivity index (χ4n) is 5.68. The molecule has 1 saturated carbocycles. The number of piperidine rings is 1. The maximum absolute atomic E-state index is 14.7. The van der Waals surface area contributed by atoms with E-state index in [-0.39, 0.29) is 29.0 Å². The zero-order valence-corrected chi connectivity index (χ0v) is 19.9. The maximum atomic E-state index is 14.7. The molecule has 1 aromatic carbocycles. The van der Waals surface area contributed by atoms with Gasteiger partial charge in [-0.3, -0.25) is 4.90 Å². The molecule has 2 aliphatic heterocycles. The van der Waals surface area contributed by atoms with E-state index in [1.165, 1.54) is 18.9 Å². The number of hydrogen-bond donors (Lipinski definition) is 2. The fourth-order valence-corrected chi connectivity index (χ4v) is 5.68. The quantitative estimate of drug-likeness (QED) is 0.542. The van der Waals surface area contributed by atoms with Crippen LogP contribution in [-0.4, -0.2) is 59.2 Å². The molecule has 3 aliphatic rings. The zero-order valence-electron chi connectivity index (χ0n) is 19.9. The van der Waals surface area contributed by atoms with Crippen molar-refractivity contribution in [2.45, 2.75) is 75.9 Å². The number of benzene rings is 1. The lowest BCUT2D eigenvalue weighted by atomic mass is 9.84. The number of nitrogens with zero attached hydrogens (tertiary/aromatic N) is 7. The second kappa shape index (κ2) is 8.47. The van der Waals surface area contributed by atoms with Crippen molar-refractivity contribution in [3.8, 4) is 5.69 Å². The highest BCUT2D eigenvalue weighted by atomic mass is 19.1. The van der Waals surface area contributed by atoms with Crippen LogP contribution in [0.4, 0.5) is 26.2 Å². The Balaban J connectivity index is 1.22. The molecule has 2 atom stereocenters. The predicted octanol–water partition coefficient (Wildman–Crippen LogP) is 4.17. The van der Waals surface area contributed by atoms with Gasteiger partial charge < -0.3 is 10.6 Å². The van der Waals surface area contributed by atoms with E-state index in [0.29, 0.717) is 17.6 Å². The average molecular weight is 482 g/mol. The molecule has 0 bridgehead atoms. The summed E-state index contributed by atoms with van der Waals surface area (Å²) in [6, 6.07) is 5.18. The minimum atomic E-state index is -0.529. The van der Waals surface area contributed by atoms with Crippen molar-refractivity contribution in [3.63, 3.8) is 0 Å². The molecule has 3 fully saturated rings. The van der Waals surface area contributed by atoms with Gasteiger partial charge in [0, 0.05) is 23.5 Å². The van der Waals surface area contributed by atoms with Gasteiger partial charge in [-0.2, -0.15) is 9.67 Å². The summed E-state index contributed by atoms with van der Waals surface area (Å²) >= 11 is 0. The SMILES string of the molecule is CC1(C)CC(Nc2nc(Nc3cc(-n4nnnc4C4CC4)ccc3F)ncc2F)CC2CCCN21. The van der Waals surface area contributed by atoms with Gasteiger partial charge in [0.25, 0.3) is 0 Å². The highest BCUT2D eigenvalue weighted by Gasteiger charge is 2.43. The van der Waals surface area contributed by atoms with Crippen molar-refractivity contribution in [2.24, 2.45) is 0 Å². The number of hydrogen-bond acceptors (Lipinski definition) is 8. The molecule has 2 unspecified atom stereocenters. The van der Waals surface area contributed by atoms with Gasteiger partial charge in [-0.15, -0.1) is 5.10 Å². The zero-order chi connectivity index (χ0) is 24.2. The van der Waals surface area contributed by atoms with Crippen molar-refractivity contribution in [1.29, 1.82) is 0 Å².